The second kappa shape index (κ2) is 5.29. The van der Waals surface area contributed by atoms with E-state index in [0.717, 1.165) is 30.0 Å². The van der Waals surface area contributed by atoms with Crippen molar-refractivity contribution in [1.82, 2.24) is 0 Å². The molecule has 1 aromatic carbocycles. The van der Waals surface area contributed by atoms with Crippen molar-refractivity contribution in [2.24, 2.45) is 5.73 Å². The summed E-state index contributed by atoms with van der Waals surface area (Å²) < 4.78 is 11.1. The first-order chi connectivity index (χ1) is 9.07. The van der Waals surface area contributed by atoms with E-state index in [1.807, 2.05) is 25.1 Å². The third-order valence-electron chi connectivity index (χ3n) is 4.26. The Morgan fingerprint density at radius 3 is 2.16 bits per heavy atom. The van der Waals surface area contributed by atoms with Gasteiger partial charge in [-0.2, -0.15) is 0 Å². The molecular weight excluding hydrogens is 240 g/mol. The number of rotatable bonds is 5. The molecule has 1 aromatic rings. The van der Waals surface area contributed by atoms with E-state index >= 15 is 0 Å². The number of hydrogen-bond acceptors (Lipinski definition) is 4. The number of nitrogens with zero attached hydrogens (tertiary/aromatic N) is 1. The largest absolute Gasteiger partial charge is 0.496 e. The van der Waals surface area contributed by atoms with Crippen LogP contribution < -0.4 is 20.1 Å². The van der Waals surface area contributed by atoms with Gasteiger partial charge in [-0.3, -0.25) is 0 Å². The van der Waals surface area contributed by atoms with Crippen LogP contribution >= 0.6 is 0 Å². The van der Waals surface area contributed by atoms with Gasteiger partial charge in [-0.25, -0.2) is 0 Å². The summed E-state index contributed by atoms with van der Waals surface area (Å²) in [6.45, 7) is 0.661. The fourth-order valence-corrected chi connectivity index (χ4v) is 2.83. The van der Waals surface area contributed by atoms with Crippen LogP contribution in [0.4, 0.5) is 5.69 Å². The van der Waals surface area contributed by atoms with Gasteiger partial charge < -0.3 is 20.1 Å². The molecule has 4 heteroatoms. The van der Waals surface area contributed by atoms with E-state index < -0.39 is 0 Å². The molecule has 2 rings (SSSR count). The first-order valence-corrected chi connectivity index (χ1v) is 6.72. The van der Waals surface area contributed by atoms with Gasteiger partial charge in [0.2, 0.25) is 0 Å². The maximum atomic E-state index is 6.01. The lowest BCUT2D eigenvalue weighted by atomic mass is 9.64. The van der Waals surface area contributed by atoms with Crippen LogP contribution in [-0.2, 0) is 5.41 Å². The molecule has 1 aliphatic rings. The summed E-state index contributed by atoms with van der Waals surface area (Å²) in [5.74, 6) is 1.79. The molecule has 4 nitrogen and oxygen atoms in total. The molecule has 106 valence electrons. The average Bonchev–Trinajstić information content (AvgIpc) is 2.37. The second-order valence-corrected chi connectivity index (χ2v) is 5.46. The summed E-state index contributed by atoms with van der Waals surface area (Å²) in [7, 11) is 7.42. The van der Waals surface area contributed by atoms with Gasteiger partial charge in [0.1, 0.15) is 11.5 Å². The molecule has 2 N–H and O–H groups in total. The predicted octanol–water partition coefficient (Wildman–Crippen LogP) is 2.15. The monoisotopic (exact) mass is 264 g/mol. The number of ether oxygens (including phenoxy) is 2. The highest BCUT2D eigenvalue weighted by atomic mass is 16.5. The van der Waals surface area contributed by atoms with Crippen LogP contribution in [0.1, 0.15) is 24.8 Å². The normalized spacial score (nSPS) is 16.7. The zero-order chi connectivity index (χ0) is 14.0. The highest BCUT2D eigenvalue weighted by molar-refractivity contribution is 5.64. The zero-order valence-electron chi connectivity index (χ0n) is 12.3. The number of hydrogen-bond donors (Lipinski definition) is 1. The Morgan fingerprint density at radius 1 is 1.16 bits per heavy atom. The van der Waals surface area contributed by atoms with E-state index in [1.165, 1.54) is 12.0 Å². The minimum Gasteiger partial charge on any atom is -0.496 e. The quantitative estimate of drug-likeness (QED) is 0.885. The van der Waals surface area contributed by atoms with Gasteiger partial charge in [0, 0.05) is 37.7 Å². The van der Waals surface area contributed by atoms with Gasteiger partial charge in [0.15, 0.2) is 0 Å². The molecule has 0 bridgehead atoms. The standard InChI is InChI=1S/C15H24N2O2/c1-17(2)12-9-13(18-3)11(8-14(12)19-4)15(10-16)6-5-7-15/h8-9H,5-7,10,16H2,1-4H3. The third-order valence-corrected chi connectivity index (χ3v) is 4.26. The van der Waals surface area contributed by atoms with E-state index in [-0.39, 0.29) is 5.41 Å². The highest BCUT2D eigenvalue weighted by Gasteiger charge is 2.40. The molecule has 0 amide bonds. The van der Waals surface area contributed by atoms with Crippen LogP contribution in [0.2, 0.25) is 0 Å². The third kappa shape index (κ3) is 2.25. The lowest BCUT2D eigenvalue weighted by Crippen LogP contribution is -2.41. The van der Waals surface area contributed by atoms with Crippen molar-refractivity contribution in [3.63, 3.8) is 0 Å². The van der Waals surface area contributed by atoms with Crippen molar-refractivity contribution >= 4 is 5.69 Å². The van der Waals surface area contributed by atoms with E-state index in [1.54, 1.807) is 14.2 Å². The number of methoxy groups -OCH3 is 2. The fraction of sp³-hybridized carbons (Fsp3) is 0.600. The lowest BCUT2D eigenvalue weighted by Gasteiger charge is -2.42. The molecule has 1 saturated carbocycles. The Morgan fingerprint density at radius 2 is 1.79 bits per heavy atom. The van der Waals surface area contributed by atoms with Gasteiger partial charge in [-0.1, -0.05) is 6.42 Å². The van der Waals surface area contributed by atoms with Gasteiger partial charge in [0.05, 0.1) is 19.9 Å². The first-order valence-electron chi connectivity index (χ1n) is 6.72. The van der Waals surface area contributed by atoms with Gasteiger partial charge in [-0.05, 0) is 18.9 Å². The number of nitrogens with two attached hydrogens (primary N) is 1. The zero-order valence-corrected chi connectivity index (χ0v) is 12.3. The van der Waals surface area contributed by atoms with Crippen LogP contribution in [0.3, 0.4) is 0 Å². The van der Waals surface area contributed by atoms with Gasteiger partial charge in [-0.15, -0.1) is 0 Å². The second-order valence-electron chi connectivity index (χ2n) is 5.46. The predicted molar refractivity (Wildman–Crippen MR) is 78.5 cm³/mol. The summed E-state index contributed by atoms with van der Waals surface area (Å²) in [5, 5.41) is 0. The molecule has 0 atom stereocenters. The Kier molecular flexibility index (Phi) is 3.90. The van der Waals surface area contributed by atoms with Gasteiger partial charge in [0.25, 0.3) is 0 Å². The molecule has 0 unspecified atom stereocenters. The number of anilines is 1. The van der Waals surface area contributed by atoms with Crippen molar-refractivity contribution in [2.45, 2.75) is 24.7 Å². The molecule has 19 heavy (non-hydrogen) atoms. The van der Waals surface area contributed by atoms with Crippen LogP contribution in [0, 0.1) is 0 Å². The Balaban J connectivity index is 2.54. The molecule has 0 saturated heterocycles. The van der Waals surface area contributed by atoms with Crippen molar-refractivity contribution in [1.29, 1.82) is 0 Å². The molecular formula is C15H24N2O2. The number of benzene rings is 1. The summed E-state index contributed by atoms with van der Waals surface area (Å²) in [6, 6.07) is 4.14. The minimum atomic E-state index is 0.0729. The van der Waals surface area contributed by atoms with Crippen molar-refractivity contribution in [3.05, 3.63) is 17.7 Å². The summed E-state index contributed by atoms with van der Waals surface area (Å²) in [6.07, 6.45) is 3.49. The highest BCUT2D eigenvalue weighted by Crippen LogP contribution is 2.49. The maximum absolute atomic E-state index is 6.01. The maximum Gasteiger partial charge on any atom is 0.142 e. The van der Waals surface area contributed by atoms with E-state index in [4.69, 9.17) is 15.2 Å². The van der Waals surface area contributed by atoms with Crippen molar-refractivity contribution in [2.75, 3.05) is 39.8 Å². The Hall–Kier alpha value is -1.42. The summed E-state index contributed by atoms with van der Waals surface area (Å²) in [5.41, 5.74) is 8.29. The lowest BCUT2D eigenvalue weighted by molar-refractivity contribution is 0.242. The molecule has 0 aliphatic heterocycles. The van der Waals surface area contributed by atoms with Gasteiger partial charge >= 0.3 is 0 Å². The molecule has 1 aliphatic carbocycles. The molecule has 1 fully saturated rings. The van der Waals surface area contributed by atoms with Crippen LogP contribution in [0.25, 0.3) is 0 Å². The Labute approximate surface area is 115 Å². The molecule has 0 aromatic heterocycles. The van der Waals surface area contributed by atoms with Crippen LogP contribution in [0.5, 0.6) is 11.5 Å². The van der Waals surface area contributed by atoms with E-state index in [2.05, 4.69) is 6.07 Å². The van der Waals surface area contributed by atoms with Crippen molar-refractivity contribution < 1.29 is 9.47 Å². The van der Waals surface area contributed by atoms with Crippen LogP contribution in [0.15, 0.2) is 12.1 Å². The molecule has 0 heterocycles. The SMILES string of the molecule is COc1cc(C2(CN)CCC2)c(OC)cc1N(C)C. The summed E-state index contributed by atoms with van der Waals surface area (Å²) >= 11 is 0. The summed E-state index contributed by atoms with van der Waals surface area (Å²) in [4.78, 5) is 2.03. The smallest absolute Gasteiger partial charge is 0.142 e. The molecule has 0 radical (unpaired) electrons. The average molecular weight is 264 g/mol. The van der Waals surface area contributed by atoms with E-state index in [0.29, 0.717) is 6.54 Å². The first kappa shape index (κ1) is 14.0. The Bertz CT molecular complexity index is 448. The minimum absolute atomic E-state index is 0.0729. The van der Waals surface area contributed by atoms with Crippen molar-refractivity contribution in [3.8, 4) is 11.5 Å². The van der Waals surface area contributed by atoms with E-state index in [9.17, 15) is 0 Å². The van der Waals surface area contributed by atoms with Crippen LogP contribution in [-0.4, -0.2) is 34.9 Å². The molecule has 0 spiro atoms. The topological polar surface area (TPSA) is 47.7 Å². The fourth-order valence-electron chi connectivity index (χ4n) is 2.83.